The molecule has 0 spiro atoms. The van der Waals surface area contributed by atoms with Crippen LogP contribution in [-0.2, 0) is 11.3 Å². The highest BCUT2D eigenvalue weighted by atomic mass is 16.5. The van der Waals surface area contributed by atoms with Crippen molar-refractivity contribution in [3.63, 3.8) is 0 Å². The Kier molecular flexibility index (Phi) is 3.62. The van der Waals surface area contributed by atoms with Gasteiger partial charge in [-0.15, -0.1) is 0 Å². The van der Waals surface area contributed by atoms with Gasteiger partial charge in [0.25, 0.3) is 0 Å². The fourth-order valence-electron chi connectivity index (χ4n) is 2.19. The number of aliphatic hydroxyl groups is 1. The number of rotatable bonds is 3. The summed E-state index contributed by atoms with van der Waals surface area (Å²) >= 11 is 0. The topological polar surface area (TPSA) is 56.5 Å². The summed E-state index contributed by atoms with van der Waals surface area (Å²) in [5.41, 5.74) is 2.32. The van der Waals surface area contributed by atoms with Crippen molar-refractivity contribution in [2.24, 2.45) is 0 Å². The van der Waals surface area contributed by atoms with Crippen molar-refractivity contribution in [3.8, 4) is 6.07 Å². The van der Waals surface area contributed by atoms with Crippen molar-refractivity contribution < 1.29 is 9.84 Å². The third-order valence-electron chi connectivity index (χ3n) is 3.18. The zero-order valence-electron chi connectivity index (χ0n) is 9.89. The molecule has 0 saturated carbocycles. The zero-order valence-corrected chi connectivity index (χ0v) is 9.89. The molecule has 17 heavy (non-hydrogen) atoms. The average Bonchev–Trinajstić information content (AvgIpc) is 2.86. The van der Waals surface area contributed by atoms with Gasteiger partial charge in [-0.3, -0.25) is 0 Å². The highest BCUT2D eigenvalue weighted by Gasteiger charge is 2.23. The van der Waals surface area contributed by atoms with Gasteiger partial charge in [-0.05, 0) is 24.1 Å². The van der Waals surface area contributed by atoms with Gasteiger partial charge in [0.15, 0.2) is 0 Å². The molecule has 0 amide bonds. The number of aliphatic hydroxyl groups excluding tert-OH is 1. The van der Waals surface area contributed by atoms with E-state index in [4.69, 9.17) is 15.1 Å². The van der Waals surface area contributed by atoms with Crippen molar-refractivity contribution >= 4 is 5.69 Å². The first-order chi connectivity index (χ1) is 8.28. The van der Waals surface area contributed by atoms with Crippen LogP contribution in [0.3, 0.4) is 0 Å². The molecule has 1 aromatic rings. The lowest BCUT2D eigenvalue weighted by Gasteiger charge is -2.20. The molecule has 0 aliphatic carbocycles. The van der Waals surface area contributed by atoms with Crippen molar-refractivity contribution in [2.75, 3.05) is 25.1 Å². The van der Waals surface area contributed by atoms with Crippen molar-refractivity contribution in [3.05, 3.63) is 29.3 Å². The molecule has 90 valence electrons. The molecule has 1 saturated heterocycles. The molecule has 1 aromatic carbocycles. The number of methoxy groups -OCH3 is 1. The van der Waals surface area contributed by atoms with Gasteiger partial charge in [0.2, 0.25) is 0 Å². The quantitative estimate of drug-likeness (QED) is 0.852. The molecular weight excluding hydrogens is 216 g/mol. The SMILES string of the molecule is COC1CCN(c2ccc(CO)cc2C#N)C1. The third-order valence-corrected chi connectivity index (χ3v) is 3.18. The molecule has 0 radical (unpaired) electrons. The highest BCUT2D eigenvalue weighted by molar-refractivity contribution is 5.61. The van der Waals surface area contributed by atoms with Gasteiger partial charge in [0, 0.05) is 20.2 Å². The highest BCUT2D eigenvalue weighted by Crippen LogP contribution is 2.26. The number of anilines is 1. The smallest absolute Gasteiger partial charge is 0.101 e. The molecule has 0 aromatic heterocycles. The predicted molar refractivity (Wildman–Crippen MR) is 64.7 cm³/mol. The first-order valence-electron chi connectivity index (χ1n) is 5.70. The normalized spacial score (nSPS) is 19.4. The summed E-state index contributed by atoms with van der Waals surface area (Å²) in [7, 11) is 1.72. The van der Waals surface area contributed by atoms with E-state index in [1.54, 1.807) is 13.2 Å². The Hall–Kier alpha value is -1.57. The van der Waals surface area contributed by atoms with Crippen LogP contribution in [0.5, 0.6) is 0 Å². The van der Waals surface area contributed by atoms with Crippen LogP contribution in [0, 0.1) is 11.3 Å². The van der Waals surface area contributed by atoms with E-state index in [1.807, 2.05) is 12.1 Å². The van der Waals surface area contributed by atoms with Crippen LogP contribution < -0.4 is 4.90 Å². The summed E-state index contributed by atoms with van der Waals surface area (Å²) in [6.45, 7) is 1.70. The standard InChI is InChI=1S/C13H16N2O2/c1-17-12-4-5-15(8-12)13-3-2-10(9-16)6-11(13)7-14/h2-3,6,12,16H,4-5,8-9H2,1H3. The van der Waals surface area contributed by atoms with Crippen molar-refractivity contribution in [1.29, 1.82) is 5.26 Å². The number of hydrogen-bond acceptors (Lipinski definition) is 4. The van der Waals surface area contributed by atoms with Gasteiger partial charge >= 0.3 is 0 Å². The maximum atomic E-state index is 9.13. The Morgan fingerprint density at radius 1 is 1.59 bits per heavy atom. The van der Waals surface area contributed by atoms with Crippen LogP contribution >= 0.6 is 0 Å². The van der Waals surface area contributed by atoms with E-state index in [0.29, 0.717) is 5.56 Å². The van der Waals surface area contributed by atoms with E-state index in [-0.39, 0.29) is 12.7 Å². The number of nitriles is 1. The molecule has 1 aliphatic heterocycles. The van der Waals surface area contributed by atoms with E-state index in [1.165, 1.54) is 0 Å². The van der Waals surface area contributed by atoms with Gasteiger partial charge in [-0.1, -0.05) is 6.07 Å². The molecule has 4 heteroatoms. The molecule has 1 unspecified atom stereocenters. The Morgan fingerprint density at radius 3 is 3.00 bits per heavy atom. The minimum absolute atomic E-state index is 0.0321. The van der Waals surface area contributed by atoms with E-state index < -0.39 is 0 Å². The predicted octanol–water partition coefficient (Wildman–Crippen LogP) is 1.28. The zero-order chi connectivity index (χ0) is 12.3. The van der Waals surface area contributed by atoms with E-state index in [2.05, 4.69) is 11.0 Å². The van der Waals surface area contributed by atoms with Gasteiger partial charge in [0.05, 0.1) is 24.0 Å². The fraction of sp³-hybridized carbons (Fsp3) is 0.462. The van der Waals surface area contributed by atoms with Crippen molar-refractivity contribution in [1.82, 2.24) is 0 Å². The van der Waals surface area contributed by atoms with Crippen LogP contribution in [0.25, 0.3) is 0 Å². The molecular formula is C13H16N2O2. The molecule has 1 aliphatic rings. The van der Waals surface area contributed by atoms with Crippen LogP contribution in [0.1, 0.15) is 17.5 Å². The Labute approximate surface area is 101 Å². The molecule has 1 atom stereocenters. The second-order valence-corrected chi connectivity index (χ2v) is 4.21. The summed E-state index contributed by atoms with van der Waals surface area (Å²) in [5.74, 6) is 0. The summed E-state index contributed by atoms with van der Waals surface area (Å²) in [6, 6.07) is 7.69. The molecule has 0 bridgehead atoms. The first-order valence-corrected chi connectivity index (χ1v) is 5.70. The van der Waals surface area contributed by atoms with Gasteiger partial charge < -0.3 is 14.7 Å². The van der Waals surface area contributed by atoms with Crippen LogP contribution in [0.4, 0.5) is 5.69 Å². The fourth-order valence-corrected chi connectivity index (χ4v) is 2.19. The van der Waals surface area contributed by atoms with E-state index >= 15 is 0 Å². The molecule has 2 rings (SSSR count). The number of ether oxygens (including phenoxy) is 1. The number of nitrogens with zero attached hydrogens (tertiary/aromatic N) is 2. The Morgan fingerprint density at radius 2 is 2.41 bits per heavy atom. The van der Waals surface area contributed by atoms with Gasteiger partial charge in [-0.2, -0.15) is 5.26 Å². The minimum Gasteiger partial charge on any atom is -0.392 e. The number of hydrogen-bond donors (Lipinski definition) is 1. The van der Waals surface area contributed by atoms with Gasteiger partial charge in [0.1, 0.15) is 6.07 Å². The molecule has 4 nitrogen and oxygen atoms in total. The van der Waals surface area contributed by atoms with Crippen LogP contribution in [-0.4, -0.2) is 31.4 Å². The second-order valence-electron chi connectivity index (χ2n) is 4.21. The van der Waals surface area contributed by atoms with E-state index in [9.17, 15) is 0 Å². The lowest BCUT2D eigenvalue weighted by atomic mass is 10.1. The van der Waals surface area contributed by atoms with Crippen LogP contribution in [0.2, 0.25) is 0 Å². The summed E-state index contributed by atoms with van der Waals surface area (Å²) in [5, 5.41) is 18.2. The van der Waals surface area contributed by atoms with E-state index in [0.717, 1.165) is 30.8 Å². The third kappa shape index (κ3) is 2.41. The lowest BCUT2D eigenvalue weighted by molar-refractivity contribution is 0.121. The summed E-state index contributed by atoms with van der Waals surface area (Å²) in [4.78, 5) is 2.16. The summed E-state index contributed by atoms with van der Waals surface area (Å²) in [6.07, 6.45) is 1.24. The van der Waals surface area contributed by atoms with Crippen molar-refractivity contribution in [2.45, 2.75) is 19.1 Å². The average molecular weight is 232 g/mol. The monoisotopic (exact) mass is 232 g/mol. The number of benzene rings is 1. The maximum absolute atomic E-state index is 9.13. The van der Waals surface area contributed by atoms with Gasteiger partial charge in [-0.25, -0.2) is 0 Å². The maximum Gasteiger partial charge on any atom is 0.101 e. The lowest BCUT2D eigenvalue weighted by Crippen LogP contribution is -2.23. The summed E-state index contributed by atoms with van der Waals surface area (Å²) < 4.78 is 5.32. The molecule has 1 N–H and O–H groups in total. The Balaban J connectivity index is 2.24. The largest absolute Gasteiger partial charge is 0.392 e. The minimum atomic E-state index is -0.0321. The molecule has 1 heterocycles. The first kappa shape index (κ1) is 11.9. The second kappa shape index (κ2) is 5.17. The molecule has 1 fully saturated rings. The Bertz CT molecular complexity index is 440. The van der Waals surface area contributed by atoms with Crippen LogP contribution in [0.15, 0.2) is 18.2 Å².